The molecule has 146 valence electrons. The van der Waals surface area contributed by atoms with E-state index >= 15 is 0 Å². The second-order valence-electron chi connectivity index (χ2n) is 6.20. The highest BCUT2D eigenvalue weighted by atomic mass is 35.5. The van der Waals surface area contributed by atoms with Crippen molar-refractivity contribution in [3.05, 3.63) is 58.6 Å². The summed E-state index contributed by atoms with van der Waals surface area (Å²) in [5.41, 5.74) is 7.70. The average Bonchev–Trinajstić information content (AvgIpc) is 2.63. The molecular formula is C18H21Cl2N3O3S. The molecule has 2 aromatic carbocycles. The number of nitrogen functional groups attached to an aromatic ring is 1. The summed E-state index contributed by atoms with van der Waals surface area (Å²) in [7, 11) is -3.68. The Balaban J connectivity index is 0.00000261. The van der Waals surface area contributed by atoms with Gasteiger partial charge in [0, 0.05) is 37.4 Å². The maximum atomic E-state index is 12.8. The minimum atomic E-state index is -3.68. The SMILES string of the molecule is Cc1ccc(N)cc1C(=O)N1CCN(S(=O)(=O)c2ccccc2Cl)CC1.Cl. The Labute approximate surface area is 170 Å². The Kier molecular flexibility index (Phi) is 6.75. The summed E-state index contributed by atoms with van der Waals surface area (Å²) in [6.07, 6.45) is 0. The fourth-order valence-corrected chi connectivity index (χ4v) is 4.88. The zero-order valence-electron chi connectivity index (χ0n) is 14.8. The number of benzene rings is 2. The van der Waals surface area contributed by atoms with Crippen molar-refractivity contribution < 1.29 is 13.2 Å². The molecule has 1 aliphatic heterocycles. The fraction of sp³-hybridized carbons (Fsp3) is 0.278. The summed E-state index contributed by atoms with van der Waals surface area (Å²) in [6, 6.07) is 11.6. The number of sulfonamides is 1. The van der Waals surface area contributed by atoms with Gasteiger partial charge in [0.1, 0.15) is 4.90 Å². The minimum Gasteiger partial charge on any atom is -0.399 e. The lowest BCUT2D eigenvalue weighted by atomic mass is 10.1. The van der Waals surface area contributed by atoms with E-state index < -0.39 is 10.0 Å². The number of hydrogen-bond acceptors (Lipinski definition) is 4. The van der Waals surface area contributed by atoms with Crippen LogP contribution in [0.4, 0.5) is 5.69 Å². The maximum Gasteiger partial charge on any atom is 0.254 e. The largest absolute Gasteiger partial charge is 0.399 e. The van der Waals surface area contributed by atoms with Gasteiger partial charge in [-0.25, -0.2) is 8.42 Å². The molecule has 1 heterocycles. The van der Waals surface area contributed by atoms with Crippen LogP contribution in [-0.4, -0.2) is 49.7 Å². The first kappa shape index (κ1) is 21.5. The van der Waals surface area contributed by atoms with Crippen molar-refractivity contribution >= 4 is 45.6 Å². The summed E-state index contributed by atoms with van der Waals surface area (Å²) in [5.74, 6) is -0.135. The second kappa shape index (κ2) is 8.48. The van der Waals surface area contributed by atoms with Gasteiger partial charge in [-0.05, 0) is 36.8 Å². The predicted molar refractivity (Wildman–Crippen MR) is 109 cm³/mol. The summed E-state index contributed by atoms with van der Waals surface area (Å²) in [4.78, 5) is 14.5. The third-order valence-electron chi connectivity index (χ3n) is 4.47. The number of rotatable bonds is 3. The van der Waals surface area contributed by atoms with Crippen LogP contribution in [-0.2, 0) is 10.0 Å². The van der Waals surface area contributed by atoms with Gasteiger partial charge >= 0.3 is 0 Å². The number of amides is 1. The van der Waals surface area contributed by atoms with Gasteiger partial charge in [-0.3, -0.25) is 4.79 Å². The number of piperazine rings is 1. The standard InChI is InChI=1S/C18H20ClN3O3S.ClH/c1-13-6-7-14(20)12-15(13)18(23)21-8-10-22(11-9-21)26(24,25)17-5-3-2-4-16(17)19;/h2-7,12H,8-11,20H2,1H3;1H. The van der Waals surface area contributed by atoms with Crippen LogP contribution >= 0.6 is 24.0 Å². The minimum absolute atomic E-state index is 0. The van der Waals surface area contributed by atoms with Gasteiger partial charge in [0.25, 0.3) is 5.91 Å². The highest BCUT2D eigenvalue weighted by molar-refractivity contribution is 7.89. The third kappa shape index (κ3) is 4.38. The topological polar surface area (TPSA) is 83.7 Å². The third-order valence-corrected chi connectivity index (χ3v) is 6.87. The lowest BCUT2D eigenvalue weighted by molar-refractivity contribution is 0.0697. The molecule has 1 fully saturated rings. The van der Waals surface area contributed by atoms with Crippen molar-refractivity contribution in [1.82, 2.24) is 9.21 Å². The fourth-order valence-electron chi connectivity index (χ4n) is 2.96. The van der Waals surface area contributed by atoms with Gasteiger partial charge in [0.05, 0.1) is 5.02 Å². The summed E-state index contributed by atoms with van der Waals surface area (Å²) in [5, 5.41) is 0.196. The monoisotopic (exact) mass is 429 g/mol. The van der Waals surface area contributed by atoms with Crippen molar-refractivity contribution in [2.24, 2.45) is 0 Å². The van der Waals surface area contributed by atoms with Crippen molar-refractivity contribution in [1.29, 1.82) is 0 Å². The average molecular weight is 430 g/mol. The smallest absolute Gasteiger partial charge is 0.254 e. The Morgan fingerprint density at radius 3 is 2.33 bits per heavy atom. The number of aryl methyl sites for hydroxylation is 1. The molecule has 0 saturated carbocycles. The van der Waals surface area contributed by atoms with Gasteiger partial charge in [0.2, 0.25) is 10.0 Å². The first-order valence-corrected chi connectivity index (χ1v) is 10.0. The molecule has 0 atom stereocenters. The van der Waals surface area contributed by atoms with E-state index in [9.17, 15) is 13.2 Å². The number of hydrogen-bond donors (Lipinski definition) is 1. The molecule has 1 saturated heterocycles. The molecule has 0 bridgehead atoms. The number of nitrogens with zero attached hydrogens (tertiary/aromatic N) is 2. The number of anilines is 1. The van der Waals surface area contributed by atoms with E-state index in [1.165, 1.54) is 10.4 Å². The van der Waals surface area contributed by atoms with E-state index in [0.29, 0.717) is 24.3 Å². The lowest BCUT2D eigenvalue weighted by Gasteiger charge is -2.34. The van der Waals surface area contributed by atoms with Gasteiger partial charge < -0.3 is 10.6 Å². The van der Waals surface area contributed by atoms with Crippen LogP contribution in [0.3, 0.4) is 0 Å². The first-order chi connectivity index (χ1) is 12.3. The Hall–Kier alpha value is -1.80. The van der Waals surface area contributed by atoms with Gasteiger partial charge in [0.15, 0.2) is 0 Å². The summed E-state index contributed by atoms with van der Waals surface area (Å²) < 4.78 is 26.9. The van der Waals surface area contributed by atoms with Crippen LogP contribution in [0.15, 0.2) is 47.4 Å². The molecule has 0 aromatic heterocycles. The van der Waals surface area contributed by atoms with E-state index in [1.807, 2.05) is 6.92 Å². The summed E-state index contributed by atoms with van der Waals surface area (Å²) >= 11 is 6.04. The molecule has 1 aliphatic rings. The predicted octanol–water partition coefficient (Wildman–Crippen LogP) is 2.80. The van der Waals surface area contributed by atoms with E-state index in [-0.39, 0.29) is 41.3 Å². The zero-order chi connectivity index (χ0) is 18.9. The Morgan fingerprint density at radius 2 is 1.70 bits per heavy atom. The van der Waals surface area contributed by atoms with Gasteiger partial charge in [-0.1, -0.05) is 29.8 Å². The number of carbonyl (C=O) groups excluding carboxylic acids is 1. The molecule has 0 spiro atoms. The maximum absolute atomic E-state index is 12.8. The Morgan fingerprint density at radius 1 is 1.07 bits per heavy atom. The van der Waals surface area contributed by atoms with Crippen LogP contribution in [0, 0.1) is 6.92 Å². The number of carbonyl (C=O) groups is 1. The number of nitrogens with two attached hydrogens (primary N) is 1. The van der Waals surface area contributed by atoms with Crippen LogP contribution < -0.4 is 5.73 Å². The number of halogens is 2. The molecule has 2 aromatic rings. The molecule has 0 radical (unpaired) electrons. The molecule has 3 rings (SSSR count). The first-order valence-electron chi connectivity index (χ1n) is 8.21. The summed E-state index contributed by atoms with van der Waals surface area (Å²) in [6.45, 7) is 2.93. The van der Waals surface area contributed by atoms with Crippen LogP contribution in [0.5, 0.6) is 0 Å². The molecular weight excluding hydrogens is 409 g/mol. The highest BCUT2D eigenvalue weighted by Gasteiger charge is 2.31. The Bertz CT molecular complexity index is 943. The van der Waals surface area contributed by atoms with Crippen molar-refractivity contribution in [2.75, 3.05) is 31.9 Å². The molecule has 2 N–H and O–H groups in total. The van der Waals surface area contributed by atoms with E-state index in [0.717, 1.165) is 5.56 Å². The van der Waals surface area contributed by atoms with Crippen LogP contribution in [0.2, 0.25) is 5.02 Å². The molecule has 1 amide bonds. The van der Waals surface area contributed by atoms with E-state index in [4.69, 9.17) is 17.3 Å². The highest BCUT2D eigenvalue weighted by Crippen LogP contribution is 2.25. The quantitative estimate of drug-likeness (QED) is 0.760. The lowest BCUT2D eigenvalue weighted by Crippen LogP contribution is -2.50. The normalized spacial score (nSPS) is 15.3. The van der Waals surface area contributed by atoms with Crippen molar-refractivity contribution in [2.45, 2.75) is 11.8 Å². The molecule has 6 nitrogen and oxygen atoms in total. The molecule has 9 heteroatoms. The van der Waals surface area contributed by atoms with E-state index in [2.05, 4.69) is 0 Å². The van der Waals surface area contributed by atoms with Crippen molar-refractivity contribution in [3.8, 4) is 0 Å². The molecule has 0 unspecified atom stereocenters. The second-order valence-corrected chi connectivity index (χ2v) is 8.51. The van der Waals surface area contributed by atoms with Crippen LogP contribution in [0.1, 0.15) is 15.9 Å². The van der Waals surface area contributed by atoms with Crippen molar-refractivity contribution in [3.63, 3.8) is 0 Å². The molecule has 0 aliphatic carbocycles. The zero-order valence-corrected chi connectivity index (χ0v) is 17.1. The molecule has 27 heavy (non-hydrogen) atoms. The van der Waals surface area contributed by atoms with Gasteiger partial charge in [-0.15, -0.1) is 12.4 Å². The van der Waals surface area contributed by atoms with Gasteiger partial charge in [-0.2, -0.15) is 4.31 Å². The van der Waals surface area contributed by atoms with Crippen LogP contribution in [0.25, 0.3) is 0 Å². The van der Waals surface area contributed by atoms with E-state index in [1.54, 1.807) is 41.3 Å².